The molecule has 2 unspecified atom stereocenters. The average Bonchev–Trinajstić information content (AvgIpc) is 2.16. The van der Waals surface area contributed by atoms with Crippen LogP contribution in [0.15, 0.2) is 0 Å². The largest absolute Gasteiger partial charge is 0.469 e. The molecule has 0 aromatic carbocycles. The molecule has 2 fully saturated rings. The number of morpholine rings is 1. The molecule has 0 spiro atoms. The lowest BCUT2D eigenvalue weighted by Crippen LogP contribution is -2.50. The predicted octanol–water partition coefficient (Wildman–Crippen LogP) is -0.0736. The molecule has 13 heavy (non-hydrogen) atoms. The summed E-state index contributed by atoms with van der Waals surface area (Å²) in [6, 6.07) is 0. The Kier molecular flexibility index (Phi) is 2.51. The van der Waals surface area contributed by atoms with Gasteiger partial charge in [0.2, 0.25) is 0 Å². The van der Waals surface area contributed by atoms with Crippen LogP contribution < -0.4 is 5.32 Å². The molecular weight excluding hydrogens is 170 g/mol. The second kappa shape index (κ2) is 3.64. The molecular formula is C9H15NO3. The van der Waals surface area contributed by atoms with Crippen LogP contribution in [0.4, 0.5) is 0 Å². The van der Waals surface area contributed by atoms with Crippen molar-refractivity contribution in [1.29, 1.82) is 0 Å². The van der Waals surface area contributed by atoms with E-state index in [1.807, 2.05) is 0 Å². The molecule has 0 aromatic heterocycles. The summed E-state index contributed by atoms with van der Waals surface area (Å²) in [4.78, 5) is 11.3. The van der Waals surface area contributed by atoms with Gasteiger partial charge in [-0.05, 0) is 12.8 Å². The highest BCUT2D eigenvalue weighted by atomic mass is 16.5. The average molecular weight is 185 g/mol. The number of hydrogen-bond donors (Lipinski definition) is 1. The number of ether oxygens (including phenoxy) is 2. The third kappa shape index (κ3) is 1.84. The number of carbonyl (C=O) groups is 1. The van der Waals surface area contributed by atoms with Crippen LogP contribution in [0.2, 0.25) is 0 Å². The second-order valence-corrected chi connectivity index (χ2v) is 3.73. The van der Waals surface area contributed by atoms with E-state index in [0.29, 0.717) is 0 Å². The number of nitrogens with one attached hydrogen (secondary N) is 1. The van der Waals surface area contributed by atoms with Gasteiger partial charge in [-0.3, -0.25) is 4.79 Å². The smallest absolute Gasteiger partial charge is 0.308 e. The Balaban J connectivity index is 1.97. The molecule has 4 nitrogen and oxygen atoms in total. The number of esters is 1. The van der Waals surface area contributed by atoms with E-state index < -0.39 is 0 Å². The Morgan fingerprint density at radius 1 is 1.38 bits per heavy atom. The summed E-state index contributed by atoms with van der Waals surface area (Å²) < 4.78 is 10.4. The lowest BCUT2D eigenvalue weighted by Gasteiger charge is -2.38. The number of fused-ring (bicyclic) bond motifs is 2. The third-order valence-corrected chi connectivity index (χ3v) is 2.76. The summed E-state index contributed by atoms with van der Waals surface area (Å²) in [5.41, 5.74) is 0. The Labute approximate surface area is 77.6 Å². The quantitative estimate of drug-likeness (QED) is 0.581. The number of rotatable bonds is 1. The maximum Gasteiger partial charge on any atom is 0.308 e. The molecule has 2 bridgehead atoms. The molecule has 74 valence electrons. The summed E-state index contributed by atoms with van der Waals surface area (Å²) >= 11 is 0. The van der Waals surface area contributed by atoms with E-state index in [0.717, 1.165) is 25.9 Å². The highest BCUT2D eigenvalue weighted by Gasteiger charge is 2.36. The Hall–Kier alpha value is -0.610. The molecule has 2 heterocycles. The van der Waals surface area contributed by atoms with Crippen LogP contribution in [0.5, 0.6) is 0 Å². The molecule has 4 heteroatoms. The van der Waals surface area contributed by atoms with Gasteiger partial charge in [-0.15, -0.1) is 0 Å². The van der Waals surface area contributed by atoms with E-state index in [-0.39, 0.29) is 24.1 Å². The fourth-order valence-corrected chi connectivity index (χ4v) is 2.14. The Bertz CT molecular complexity index is 195. The molecule has 2 atom stereocenters. The van der Waals surface area contributed by atoms with Crippen molar-refractivity contribution < 1.29 is 14.3 Å². The lowest BCUT2D eigenvalue weighted by molar-refractivity contribution is -0.157. The fraction of sp³-hybridized carbons (Fsp3) is 0.889. The zero-order valence-electron chi connectivity index (χ0n) is 7.79. The van der Waals surface area contributed by atoms with Gasteiger partial charge in [0.05, 0.1) is 25.2 Å². The topological polar surface area (TPSA) is 47.6 Å². The van der Waals surface area contributed by atoms with Crippen molar-refractivity contribution in [2.45, 2.75) is 25.0 Å². The van der Waals surface area contributed by atoms with Crippen molar-refractivity contribution in [1.82, 2.24) is 5.32 Å². The van der Waals surface area contributed by atoms with Crippen molar-refractivity contribution in [2.75, 3.05) is 20.2 Å². The van der Waals surface area contributed by atoms with Gasteiger partial charge < -0.3 is 14.8 Å². The molecule has 2 rings (SSSR count). The van der Waals surface area contributed by atoms with Gasteiger partial charge in [0, 0.05) is 13.1 Å². The first-order valence-corrected chi connectivity index (χ1v) is 4.73. The van der Waals surface area contributed by atoms with E-state index in [2.05, 4.69) is 5.32 Å². The summed E-state index contributed by atoms with van der Waals surface area (Å²) in [6.07, 6.45) is 2.01. The highest BCUT2D eigenvalue weighted by molar-refractivity contribution is 5.72. The minimum Gasteiger partial charge on any atom is -0.469 e. The van der Waals surface area contributed by atoms with Crippen LogP contribution in [0.25, 0.3) is 0 Å². The maximum atomic E-state index is 11.3. The Morgan fingerprint density at radius 2 is 2.00 bits per heavy atom. The van der Waals surface area contributed by atoms with E-state index in [9.17, 15) is 4.79 Å². The molecule has 0 saturated carbocycles. The van der Waals surface area contributed by atoms with E-state index in [1.54, 1.807) is 0 Å². The van der Waals surface area contributed by atoms with Gasteiger partial charge in [0.25, 0.3) is 0 Å². The molecule has 2 aliphatic rings. The molecule has 0 radical (unpaired) electrons. The van der Waals surface area contributed by atoms with Gasteiger partial charge in [-0.2, -0.15) is 0 Å². The van der Waals surface area contributed by atoms with Crippen LogP contribution in [0, 0.1) is 5.92 Å². The van der Waals surface area contributed by atoms with Crippen LogP contribution in [-0.2, 0) is 14.3 Å². The number of methoxy groups -OCH3 is 1. The van der Waals surface area contributed by atoms with E-state index >= 15 is 0 Å². The standard InChI is InChI=1S/C9H15NO3/c1-12-9(11)6-2-7-4-10-5-8(3-6)13-7/h6-8,10H,2-5H2,1H3. The first-order valence-electron chi connectivity index (χ1n) is 4.73. The second-order valence-electron chi connectivity index (χ2n) is 3.73. The van der Waals surface area contributed by atoms with Crippen LogP contribution >= 0.6 is 0 Å². The maximum absolute atomic E-state index is 11.3. The minimum atomic E-state index is -0.0831. The Morgan fingerprint density at radius 3 is 2.54 bits per heavy atom. The van der Waals surface area contributed by atoms with Crippen molar-refractivity contribution in [3.63, 3.8) is 0 Å². The SMILES string of the molecule is COC(=O)C1CC2CNCC(C1)O2. The van der Waals surface area contributed by atoms with Crippen molar-refractivity contribution >= 4 is 5.97 Å². The molecule has 0 aliphatic carbocycles. The molecule has 2 aliphatic heterocycles. The lowest BCUT2D eigenvalue weighted by atomic mass is 9.90. The first-order chi connectivity index (χ1) is 6.29. The monoisotopic (exact) mass is 185 g/mol. The first kappa shape index (κ1) is 8.97. The van der Waals surface area contributed by atoms with Gasteiger partial charge >= 0.3 is 5.97 Å². The fourth-order valence-electron chi connectivity index (χ4n) is 2.14. The van der Waals surface area contributed by atoms with Gasteiger partial charge in [-0.1, -0.05) is 0 Å². The minimum absolute atomic E-state index is 0.0517. The van der Waals surface area contributed by atoms with Crippen molar-refractivity contribution in [3.8, 4) is 0 Å². The predicted molar refractivity (Wildman–Crippen MR) is 46.3 cm³/mol. The van der Waals surface area contributed by atoms with Crippen LogP contribution in [-0.4, -0.2) is 38.4 Å². The van der Waals surface area contributed by atoms with Gasteiger partial charge in [0.15, 0.2) is 0 Å². The summed E-state index contributed by atoms with van der Waals surface area (Å²) in [7, 11) is 1.45. The van der Waals surface area contributed by atoms with Crippen LogP contribution in [0.1, 0.15) is 12.8 Å². The molecule has 1 N–H and O–H groups in total. The van der Waals surface area contributed by atoms with E-state index in [1.165, 1.54) is 7.11 Å². The molecule has 2 saturated heterocycles. The summed E-state index contributed by atoms with van der Waals surface area (Å²) in [5, 5.41) is 3.29. The van der Waals surface area contributed by atoms with Crippen molar-refractivity contribution in [2.24, 2.45) is 5.92 Å². The molecule has 0 aromatic rings. The normalized spacial score (nSPS) is 38.4. The zero-order valence-corrected chi connectivity index (χ0v) is 7.79. The van der Waals surface area contributed by atoms with Crippen LogP contribution in [0.3, 0.4) is 0 Å². The van der Waals surface area contributed by atoms with E-state index in [4.69, 9.17) is 9.47 Å². The molecule has 0 amide bonds. The number of hydrogen-bond acceptors (Lipinski definition) is 4. The van der Waals surface area contributed by atoms with Gasteiger partial charge in [-0.25, -0.2) is 0 Å². The number of carbonyl (C=O) groups excluding carboxylic acids is 1. The summed E-state index contributed by atoms with van der Waals surface area (Å²) in [6.45, 7) is 1.73. The highest BCUT2D eigenvalue weighted by Crippen LogP contribution is 2.27. The zero-order chi connectivity index (χ0) is 9.26. The van der Waals surface area contributed by atoms with Gasteiger partial charge in [0.1, 0.15) is 0 Å². The third-order valence-electron chi connectivity index (χ3n) is 2.76. The van der Waals surface area contributed by atoms with Crippen molar-refractivity contribution in [3.05, 3.63) is 0 Å². The summed E-state index contributed by atoms with van der Waals surface area (Å²) in [5.74, 6) is -0.0314.